The van der Waals surface area contributed by atoms with Crippen LogP contribution in [0.3, 0.4) is 0 Å². The first kappa shape index (κ1) is 26.9. The summed E-state index contributed by atoms with van der Waals surface area (Å²) in [6.07, 6.45) is -4.49. The summed E-state index contributed by atoms with van der Waals surface area (Å²) in [5.41, 5.74) is 0.779. The average Bonchev–Trinajstić information content (AvgIpc) is 2.88. The third kappa shape index (κ3) is 7.42. The van der Waals surface area contributed by atoms with Crippen molar-refractivity contribution >= 4 is 35.3 Å². The molecule has 3 N–H and O–H groups in total. The number of aliphatic carboxylic acids is 1. The second-order valence-electron chi connectivity index (χ2n) is 8.05. The van der Waals surface area contributed by atoms with Crippen LogP contribution in [0.1, 0.15) is 11.1 Å². The van der Waals surface area contributed by atoms with Gasteiger partial charge in [-0.2, -0.15) is 39.9 Å². The van der Waals surface area contributed by atoms with Crippen LogP contribution in [0.25, 0.3) is 11.4 Å². The quantitative estimate of drug-likeness (QED) is 0.202. The SMILES string of the molecule is O=C(O)[C@H](CSCc1ccccc1)Nc1nc(Nc2ccc(C(F)(F)F)cc2)nc(-c2cccc(F)c2)n1. The van der Waals surface area contributed by atoms with Gasteiger partial charge < -0.3 is 15.7 Å². The van der Waals surface area contributed by atoms with E-state index in [2.05, 4.69) is 25.6 Å². The molecule has 0 saturated heterocycles. The number of alkyl halides is 3. The summed E-state index contributed by atoms with van der Waals surface area (Å²) < 4.78 is 52.6. The Kier molecular flexibility index (Phi) is 8.41. The van der Waals surface area contributed by atoms with Crippen LogP contribution in [0, 0.1) is 5.82 Å². The molecule has 4 rings (SSSR count). The fraction of sp³-hybridized carbons (Fsp3) is 0.154. The number of rotatable bonds is 10. The van der Waals surface area contributed by atoms with Crippen LogP contribution in [0.15, 0.2) is 78.9 Å². The van der Waals surface area contributed by atoms with Gasteiger partial charge in [0.1, 0.15) is 11.9 Å². The van der Waals surface area contributed by atoms with E-state index in [0.717, 1.165) is 17.7 Å². The van der Waals surface area contributed by atoms with Crippen LogP contribution in [0.2, 0.25) is 0 Å². The highest BCUT2D eigenvalue weighted by Gasteiger charge is 2.30. The van der Waals surface area contributed by atoms with E-state index in [0.29, 0.717) is 11.3 Å². The minimum Gasteiger partial charge on any atom is -0.480 e. The highest BCUT2D eigenvalue weighted by Crippen LogP contribution is 2.30. The van der Waals surface area contributed by atoms with Crippen LogP contribution in [0.5, 0.6) is 0 Å². The topological polar surface area (TPSA) is 100 Å². The largest absolute Gasteiger partial charge is 0.480 e. The molecular weight excluding hydrogens is 522 g/mol. The van der Waals surface area contributed by atoms with Gasteiger partial charge in [-0.15, -0.1) is 0 Å². The number of anilines is 3. The molecule has 1 heterocycles. The summed E-state index contributed by atoms with van der Waals surface area (Å²) in [5.74, 6) is -1.00. The lowest BCUT2D eigenvalue weighted by atomic mass is 10.2. The number of hydrogen-bond donors (Lipinski definition) is 3. The van der Waals surface area contributed by atoms with Crippen LogP contribution >= 0.6 is 11.8 Å². The predicted molar refractivity (Wildman–Crippen MR) is 138 cm³/mol. The maximum atomic E-state index is 13.9. The molecule has 0 saturated carbocycles. The average molecular weight is 544 g/mol. The van der Waals surface area contributed by atoms with Gasteiger partial charge in [0.2, 0.25) is 11.9 Å². The number of hydrogen-bond acceptors (Lipinski definition) is 7. The van der Waals surface area contributed by atoms with Crippen LogP contribution in [-0.2, 0) is 16.7 Å². The Morgan fingerprint density at radius 2 is 1.63 bits per heavy atom. The molecule has 0 aliphatic rings. The summed E-state index contributed by atoms with van der Waals surface area (Å²) >= 11 is 1.40. The van der Waals surface area contributed by atoms with Gasteiger partial charge in [0.05, 0.1) is 5.56 Å². The molecule has 0 fully saturated rings. The standard InChI is InChI=1S/C26H21F4N5O2S/c27-19-8-4-7-17(13-19)22-33-24(31-20-11-9-18(10-12-20)26(28,29)30)35-25(34-22)32-21(23(36)37)15-38-14-16-5-2-1-3-6-16/h1-13,21H,14-15H2,(H,36,37)(H2,31,32,33,34,35)/t21-/m0/s1. The predicted octanol–water partition coefficient (Wildman–Crippen LogP) is 6.24. The first-order chi connectivity index (χ1) is 18.2. The molecule has 0 radical (unpaired) electrons. The summed E-state index contributed by atoms with van der Waals surface area (Å²) in [6.45, 7) is 0. The fourth-order valence-electron chi connectivity index (χ4n) is 3.32. The zero-order chi connectivity index (χ0) is 27.1. The molecule has 0 spiro atoms. The first-order valence-corrected chi connectivity index (χ1v) is 12.4. The fourth-order valence-corrected chi connectivity index (χ4v) is 4.33. The Morgan fingerprint density at radius 1 is 0.921 bits per heavy atom. The first-order valence-electron chi connectivity index (χ1n) is 11.2. The van der Waals surface area contributed by atoms with Crippen LogP contribution in [-0.4, -0.2) is 37.8 Å². The molecular formula is C26H21F4N5O2S. The highest BCUT2D eigenvalue weighted by molar-refractivity contribution is 7.98. The molecule has 0 aliphatic heterocycles. The van der Waals surface area contributed by atoms with Crippen molar-refractivity contribution in [3.8, 4) is 11.4 Å². The molecule has 1 atom stereocenters. The Balaban J connectivity index is 1.58. The van der Waals surface area contributed by atoms with Gasteiger partial charge in [-0.1, -0.05) is 42.5 Å². The van der Waals surface area contributed by atoms with Crippen molar-refractivity contribution < 1.29 is 27.5 Å². The molecule has 0 bridgehead atoms. The number of thioether (sulfide) groups is 1. The molecule has 3 aromatic carbocycles. The Hall–Kier alpha value is -4.19. The van der Waals surface area contributed by atoms with E-state index in [4.69, 9.17) is 0 Å². The number of nitrogens with zero attached hydrogens (tertiary/aromatic N) is 3. The molecule has 7 nitrogen and oxygen atoms in total. The molecule has 4 aromatic rings. The van der Waals surface area contributed by atoms with Crippen molar-refractivity contribution in [2.24, 2.45) is 0 Å². The maximum absolute atomic E-state index is 13.9. The Morgan fingerprint density at radius 3 is 2.29 bits per heavy atom. The van der Waals surface area contributed by atoms with Crippen molar-refractivity contribution in [3.63, 3.8) is 0 Å². The van der Waals surface area contributed by atoms with Gasteiger partial charge in [0.15, 0.2) is 5.82 Å². The molecule has 0 aliphatic carbocycles. The smallest absolute Gasteiger partial charge is 0.416 e. The highest BCUT2D eigenvalue weighted by atomic mass is 32.2. The molecule has 0 unspecified atom stereocenters. The molecule has 1 aromatic heterocycles. The number of benzene rings is 3. The van der Waals surface area contributed by atoms with E-state index in [1.807, 2.05) is 30.3 Å². The normalized spacial score (nSPS) is 12.1. The van der Waals surface area contributed by atoms with Crippen molar-refractivity contribution in [2.75, 3.05) is 16.4 Å². The lowest BCUT2D eigenvalue weighted by Gasteiger charge is -2.16. The molecule has 196 valence electrons. The van der Waals surface area contributed by atoms with E-state index in [1.165, 1.54) is 42.1 Å². The number of aromatic nitrogens is 3. The summed E-state index contributed by atoms with van der Waals surface area (Å²) in [7, 11) is 0. The monoisotopic (exact) mass is 543 g/mol. The van der Waals surface area contributed by atoms with Crippen LogP contribution in [0.4, 0.5) is 35.1 Å². The van der Waals surface area contributed by atoms with Gasteiger partial charge in [0, 0.05) is 22.8 Å². The summed E-state index contributed by atoms with van der Waals surface area (Å²) in [5, 5.41) is 15.3. The van der Waals surface area contributed by atoms with Crippen molar-refractivity contribution in [2.45, 2.75) is 18.0 Å². The second kappa shape index (κ2) is 11.9. The molecule has 12 heteroatoms. The maximum Gasteiger partial charge on any atom is 0.416 e. The minimum absolute atomic E-state index is 0.0393. The molecule has 0 amide bonds. The number of carboxylic acid groups (broad SMARTS) is 1. The third-order valence-corrected chi connectivity index (χ3v) is 6.29. The molecule has 38 heavy (non-hydrogen) atoms. The van der Waals surface area contributed by atoms with Gasteiger partial charge in [0.25, 0.3) is 0 Å². The Labute approximate surface area is 219 Å². The van der Waals surface area contributed by atoms with E-state index >= 15 is 0 Å². The van der Waals surface area contributed by atoms with Crippen molar-refractivity contribution in [1.29, 1.82) is 0 Å². The number of halogens is 4. The van der Waals surface area contributed by atoms with Gasteiger partial charge in [-0.25, -0.2) is 9.18 Å². The lowest BCUT2D eigenvalue weighted by molar-refractivity contribution is -0.138. The number of carbonyl (C=O) groups is 1. The zero-order valence-electron chi connectivity index (χ0n) is 19.6. The van der Waals surface area contributed by atoms with E-state index in [9.17, 15) is 27.5 Å². The van der Waals surface area contributed by atoms with Crippen LogP contribution < -0.4 is 10.6 Å². The zero-order valence-corrected chi connectivity index (χ0v) is 20.4. The minimum atomic E-state index is -4.49. The van der Waals surface area contributed by atoms with Crippen molar-refractivity contribution in [3.05, 3.63) is 95.8 Å². The van der Waals surface area contributed by atoms with E-state index in [1.54, 1.807) is 6.07 Å². The summed E-state index contributed by atoms with van der Waals surface area (Å²) in [4.78, 5) is 24.6. The lowest BCUT2D eigenvalue weighted by Crippen LogP contribution is -2.32. The third-order valence-electron chi connectivity index (χ3n) is 5.18. The van der Waals surface area contributed by atoms with Crippen molar-refractivity contribution in [1.82, 2.24) is 15.0 Å². The number of carboxylic acids is 1. The van der Waals surface area contributed by atoms with E-state index in [-0.39, 0.29) is 29.2 Å². The Bertz CT molecular complexity index is 1390. The second-order valence-corrected chi connectivity index (χ2v) is 9.08. The van der Waals surface area contributed by atoms with Gasteiger partial charge >= 0.3 is 12.1 Å². The van der Waals surface area contributed by atoms with Gasteiger partial charge in [-0.05, 0) is 42.0 Å². The van der Waals surface area contributed by atoms with Gasteiger partial charge in [-0.3, -0.25) is 0 Å². The number of nitrogens with one attached hydrogen (secondary N) is 2. The summed E-state index contributed by atoms with van der Waals surface area (Å²) in [6, 6.07) is 18.2. The van der Waals surface area contributed by atoms with E-state index < -0.39 is 29.6 Å².